The van der Waals surface area contributed by atoms with Crippen LogP contribution in [0, 0.1) is 0 Å². The summed E-state index contributed by atoms with van der Waals surface area (Å²) >= 11 is 0. The average Bonchev–Trinajstić information content (AvgIpc) is 2.46. The van der Waals surface area contributed by atoms with Crippen LogP contribution in [0.2, 0.25) is 0 Å². The molecule has 0 atom stereocenters. The van der Waals surface area contributed by atoms with E-state index in [0.717, 1.165) is 22.3 Å². The van der Waals surface area contributed by atoms with Crippen LogP contribution >= 0.6 is 0 Å². The van der Waals surface area contributed by atoms with Crippen molar-refractivity contribution in [3.63, 3.8) is 0 Å². The van der Waals surface area contributed by atoms with E-state index in [2.05, 4.69) is 20.3 Å². The molecule has 0 spiro atoms. The highest BCUT2D eigenvalue weighted by Gasteiger charge is 2.03. The molecule has 0 saturated heterocycles. The SMILES string of the molecule is Nc1ccc2ncnc(NCc3ccncc3)c2c1. The molecule has 3 rings (SSSR count). The number of nitrogens with one attached hydrogen (secondary N) is 1. The van der Waals surface area contributed by atoms with Crippen LogP contribution in [0.25, 0.3) is 10.9 Å². The minimum Gasteiger partial charge on any atom is -0.399 e. The lowest BCUT2D eigenvalue weighted by Gasteiger charge is -2.08. The van der Waals surface area contributed by atoms with Crippen LogP contribution in [0.4, 0.5) is 11.5 Å². The van der Waals surface area contributed by atoms with Crippen LogP contribution in [-0.4, -0.2) is 15.0 Å². The molecule has 0 unspecified atom stereocenters. The Hall–Kier alpha value is -2.69. The maximum Gasteiger partial charge on any atom is 0.137 e. The van der Waals surface area contributed by atoms with Crippen LogP contribution in [0.5, 0.6) is 0 Å². The van der Waals surface area contributed by atoms with Gasteiger partial charge < -0.3 is 11.1 Å². The molecule has 0 aliphatic heterocycles. The second-order valence-corrected chi connectivity index (χ2v) is 4.21. The second kappa shape index (κ2) is 4.89. The summed E-state index contributed by atoms with van der Waals surface area (Å²) in [5, 5.41) is 4.22. The van der Waals surface area contributed by atoms with Crippen LogP contribution < -0.4 is 11.1 Å². The highest BCUT2D eigenvalue weighted by atomic mass is 15.0. The van der Waals surface area contributed by atoms with Gasteiger partial charge in [0.2, 0.25) is 0 Å². The Bertz CT molecular complexity index is 697. The third-order valence-electron chi connectivity index (χ3n) is 2.87. The first-order valence-corrected chi connectivity index (χ1v) is 5.96. The van der Waals surface area contributed by atoms with Gasteiger partial charge >= 0.3 is 0 Å². The van der Waals surface area contributed by atoms with Crippen LogP contribution in [0.15, 0.2) is 49.1 Å². The molecule has 0 saturated carbocycles. The lowest BCUT2D eigenvalue weighted by Crippen LogP contribution is -2.02. The van der Waals surface area contributed by atoms with Gasteiger partial charge in [0.25, 0.3) is 0 Å². The lowest BCUT2D eigenvalue weighted by molar-refractivity contribution is 1.09. The van der Waals surface area contributed by atoms with E-state index in [1.54, 1.807) is 18.7 Å². The number of fused-ring (bicyclic) bond motifs is 1. The van der Waals surface area contributed by atoms with Crippen molar-refractivity contribution in [1.82, 2.24) is 15.0 Å². The molecule has 5 nitrogen and oxygen atoms in total. The topological polar surface area (TPSA) is 76.7 Å². The highest BCUT2D eigenvalue weighted by molar-refractivity contribution is 5.91. The largest absolute Gasteiger partial charge is 0.399 e. The van der Waals surface area contributed by atoms with Gasteiger partial charge in [0.15, 0.2) is 0 Å². The van der Waals surface area contributed by atoms with Gasteiger partial charge in [-0.25, -0.2) is 9.97 Å². The van der Waals surface area contributed by atoms with Gasteiger partial charge in [0, 0.05) is 30.0 Å². The summed E-state index contributed by atoms with van der Waals surface area (Å²) in [7, 11) is 0. The molecule has 3 aromatic rings. The van der Waals surface area contributed by atoms with Crippen molar-refractivity contribution in [2.24, 2.45) is 0 Å². The molecule has 2 aromatic heterocycles. The summed E-state index contributed by atoms with van der Waals surface area (Å²) in [6.45, 7) is 0.684. The molecule has 3 N–H and O–H groups in total. The maximum absolute atomic E-state index is 5.81. The molecule has 5 heteroatoms. The molecule has 0 bridgehead atoms. The zero-order chi connectivity index (χ0) is 13.1. The van der Waals surface area contributed by atoms with E-state index in [1.165, 1.54) is 0 Å². The van der Waals surface area contributed by atoms with Gasteiger partial charge in [-0.05, 0) is 35.9 Å². The fourth-order valence-corrected chi connectivity index (χ4v) is 1.90. The molecule has 0 aliphatic rings. The Balaban J connectivity index is 1.90. The Labute approximate surface area is 110 Å². The van der Waals surface area contributed by atoms with Gasteiger partial charge in [-0.1, -0.05) is 0 Å². The van der Waals surface area contributed by atoms with Crippen molar-refractivity contribution in [3.05, 3.63) is 54.6 Å². The first kappa shape index (κ1) is 11.4. The van der Waals surface area contributed by atoms with E-state index in [9.17, 15) is 0 Å². The summed E-state index contributed by atoms with van der Waals surface area (Å²) in [6, 6.07) is 9.53. The lowest BCUT2D eigenvalue weighted by atomic mass is 10.2. The summed E-state index contributed by atoms with van der Waals surface area (Å²) in [5.41, 5.74) is 8.53. The number of hydrogen-bond acceptors (Lipinski definition) is 5. The number of pyridine rings is 1. The maximum atomic E-state index is 5.81. The van der Waals surface area contributed by atoms with Gasteiger partial charge in [0.05, 0.1) is 5.52 Å². The number of aromatic nitrogens is 3. The smallest absolute Gasteiger partial charge is 0.137 e. The molecule has 0 amide bonds. The predicted octanol–water partition coefficient (Wildman–Crippen LogP) is 2.22. The summed E-state index contributed by atoms with van der Waals surface area (Å²) in [5.74, 6) is 0.786. The average molecular weight is 251 g/mol. The number of rotatable bonds is 3. The Morgan fingerprint density at radius 3 is 2.74 bits per heavy atom. The first-order chi connectivity index (χ1) is 9.33. The zero-order valence-corrected chi connectivity index (χ0v) is 10.2. The van der Waals surface area contributed by atoms with E-state index >= 15 is 0 Å². The summed E-state index contributed by atoms with van der Waals surface area (Å²) < 4.78 is 0. The minimum absolute atomic E-state index is 0.684. The molecule has 2 heterocycles. The number of anilines is 2. The molecular formula is C14H13N5. The van der Waals surface area contributed by atoms with Crippen molar-refractivity contribution in [2.75, 3.05) is 11.1 Å². The van der Waals surface area contributed by atoms with Crippen molar-refractivity contribution in [3.8, 4) is 0 Å². The van der Waals surface area contributed by atoms with Gasteiger partial charge in [-0.3, -0.25) is 4.98 Å². The van der Waals surface area contributed by atoms with Crippen LogP contribution in [0.3, 0.4) is 0 Å². The summed E-state index contributed by atoms with van der Waals surface area (Å²) in [6.07, 6.45) is 5.09. The normalized spacial score (nSPS) is 10.5. The fraction of sp³-hybridized carbons (Fsp3) is 0.0714. The third-order valence-corrected chi connectivity index (χ3v) is 2.87. The van der Waals surface area contributed by atoms with Crippen LogP contribution in [0.1, 0.15) is 5.56 Å². The zero-order valence-electron chi connectivity index (χ0n) is 10.2. The molecule has 0 aliphatic carbocycles. The fourth-order valence-electron chi connectivity index (χ4n) is 1.90. The molecule has 0 fully saturated rings. The Morgan fingerprint density at radius 1 is 1.05 bits per heavy atom. The standard InChI is InChI=1S/C14H13N5/c15-11-1-2-13-12(7-11)14(19-9-18-13)17-8-10-3-5-16-6-4-10/h1-7,9H,8,15H2,(H,17,18,19). The van der Waals surface area contributed by atoms with Crippen molar-refractivity contribution < 1.29 is 0 Å². The van der Waals surface area contributed by atoms with E-state index in [4.69, 9.17) is 5.73 Å². The highest BCUT2D eigenvalue weighted by Crippen LogP contribution is 2.21. The molecule has 1 aromatic carbocycles. The molecule has 19 heavy (non-hydrogen) atoms. The minimum atomic E-state index is 0.684. The quantitative estimate of drug-likeness (QED) is 0.698. The number of nitrogens with zero attached hydrogens (tertiary/aromatic N) is 3. The van der Waals surface area contributed by atoms with Gasteiger partial charge in [0.1, 0.15) is 12.1 Å². The van der Waals surface area contributed by atoms with E-state index in [1.807, 2.05) is 30.3 Å². The monoisotopic (exact) mass is 251 g/mol. The third kappa shape index (κ3) is 2.44. The van der Waals surface area contributed by atoms with Crippen molar-refractivity contribution in [1.29, 1.82) is 0 Å². The predicted molar refractivity (Wildman–Crippen MR) is 75.5 cm³/mol. The number of nitrogen functional groups attached to an aromatic ring is 1. The van der Waals surface area contributed by atoms with Crippen molar-refractivity contribution >= 4 is 22.4 Å². The van der Waals surface area contributed by atoms with Crippen molar-refractivity contribution in [2.45, 2.75) is 6.54 Å². The number of nitrogens with two attached hydrogens (primary N) is 1. The Morgan fingerprint density at radius 2 is 1.89 bits per heavy atom. The second-order valence-electron chi connectivity index (χ2n) is 4.21. The molecule has 94 valence electrons. The first-order valence-electron chi connectivity index (χ1n) is 5.96. The number of hydrogen-bond donors (Lipinski definition) is 2. The van der Waals surface area contributed by atoms with E-state index < -0.39 is 0 Å². The Kier molecular flexibility index (Phi) is 2.94. The molecule has 0 radical (unpaired) electrons. The number of benzene rings is 1. The summed E-state index contributed by atoms with van der Waals surface area (Å²) in [4.78, 5) is 12.5. The van der Waals surface area contributed by atoms with E-state index in [0.29, 0.717) is 12.2 Å². The van der Waals surface area contributed by atoms with Gasteiger partial charge in [-0.2, -0.15) is 0 Å². The van der Waals surface area contributed by atoms with E-state index in [-0.39, 0.29) is 0 Å². The molecular weight excluding hydrogens is 238 g/mol. The van der Waals surface area contributed by atoms with Crippen LogP contribution in [-0.2, 0) is 6.54 Å². The van der Waals surface area contributed by atoms with Gasteiger partial charge in [-0.15, -0.1) is 0 Å².